The number of rotatable bonds is 4. The van der Waals surface area contributed by atoms with Gasteiger partial charge in [0.15, 0.2) is 0 Å². The van der Waals surface area contributed by atoms with E-state index in [1.807, 2.05) is 36.0 Å². The minimum atomic E-state index is -3.65. The lowest BCUT2D eigenvalue weighted by Crippen LogP contribution is -2.56. The molecule has 3 aliphatic heterocycles. The highest BCUT2D eigenvalue weighted by molar-refractivity contribution is 8.13. The summed E-state index contributed by atoms with van der Waals surface area (Å²) in [4.78, 5) is 14.1. The van der Waals surface area contributed by atoms with E-state index in [0.717, 1.165) is 18.4 Å². The van der Waals surface area contributed by atoms with Gasteiger partial charge in [0.05, 0.1) is 32.8 Å². The van der Waals surface area contributed by atoms with Crippen molar-refractivity contribution in [2.24, 2.45) is 5.10 Å². The van der Waals surface area contributed by atoms with Gasteiger partial charge in [-0.3, -0.25) is 9.80 Å². The number of carbonyl (C=O) groups is 1. The predicted molar refractivity (Wildman–Crippen MR) is 128 cm³/mol. The van der Waals surface area contributed by atoms with Crippen molar-refractivity contribution < 1.29 is 17.9 Å². The largest absolute Gasteiger partial charge is 0.381 e. The smallest absolute Gasteiger partial charge is 0.222 e. The Kier molecular flexibility index (Phi) is 5.62. The Balaban J connectivity index is 1.64. The van der Waals surface area contributed by atoms with Crippen LogP contribution < -0.4 is 10.2 Å². The first-order valence-electron chi connectivity index (χ1n) is 11.0. The molecule has 5 rings (SSSR count). The number of anilines is 2. The molecule has 1 fully saturated rings. The molecule has 0 aliphatic carbocycles. The first-order chi connectivity index (χ1) is 15.9. The Morgan fingerprint density at radius 1 is 1.18 bits per heavy atom. The molecule has 2 aromatic carbocycles. The molecule has 0 saturated carbocycles. The summed E-state index contributed by atoms with van der Waals surface area (Å²) in [5.74, 6) is -0.103. The maximum absolute atomic E-state index is 13.3. The van der Waals surface area contributed by atoms with Crippen LogP contribution in [0.4, 0.5) is 11.4 Å². The van der Waals surface area contributed by atoms with Crippen LogP contribution in [0.15, 0.2) is 57.4 Å². The van der Waals surface area contributed by atoms with E-state index in [-0.39, 0.29) is 16.8 Å². The maximum Gasteiger partial charge on any atom is 0.222 e. The van der Waals surface area contributed by atoms with Crippen molar-refractivity contribution in [3.05, 3.63) is 48.0 Å². The molecule has 0 spiro atoms. The second-order valence-electron chi connectivity index (χ2n) is 8.29. The number of hydrogen-bond donors (Lipinski definition) is 1. The SMILES string of the molecule is CCC(=O)NC1(c2ccc3c(c2)N(C)c2ccccc2S3(=O)=O)SC=NN1C1CCOCC1. The molecule has 33 heavy (non-hydrogen) atoms. The van der Waals surface area contributed by atoms with Gasteiger partial charge in [0.1, 0.15) is 0 Å². The van der Waals surface area contributed by atoms with Gasteiger partial charge in [0, 0.05) is 32.2 Å². The molecular formula is C23H26N4O4S2. The number of hydrogen-bond acceptors (Lipinski definition) is 8. The fraction of sp³-hybridized carbons (Fsp3) is 0.391. The zero-order valence-corrected chi connectivity index (χ0v) is 20.2. The van der Waals surface area contributed by atoms with Crippen LogP contribution in [-0.4, -0.2) is 51.2 Å². The predicted octanol–water partition coefficient (Wildman–Crippen LogP) is 3.41. The Bertz CT molecular complexity index is 1230. The number of benzene rings is 2. The van der Waals surface area contributed by atoms with E-state index in [9.17, 15) is 13.2 Å². The summed E-state index contributed by atoms with van der Waals surface area (Å²) in [6, 6.07) is 12.4. The third-order valence-corrected chi connectivity index (χ3v) is 9.32. The Labute approximate surface area is 197 Å². The van der Waals surface area contributed by atoms with E-state index in [4.69, 9.17) is 4.74 Å². The second kappa shape index (κ2) is 8.34. The van der Waals surface area contributed by atoms with Gasteiger partial charge in [-0.25, -0.2) is 8.42 Å². The lowest BCUT2D eigenvalue weighted by Gasteiger charge is -2.43. The summed E-state index contributed by atoms with van der Waals surface area (Å²) in [6.07, 6.45) is 1.93. The third kappa shape index (κ3) is 3.51. The van der Waals surface area contributed by atoms with Gasteiger partial charge in [0.2, 0.25) is 20.7 Å². The van der Waals surface area contributed by atoms with Gasteiger partial charge >= 0.3 is 0 Å². The van der Waals surface area contributed by atoms with Crippen molar-refractivity contribution in [2.75, 3.05) is 25.2 Å². The summed E-state index contributed by atoms with van der Waals surface area (Å²) < 4.78 is 32.2. The Hall–Kier alpha value is -2.56. The number of carbonyl (C=O) groups excluding carboxylic acids is 1. The molecule has 1 atom stereocenters. The lowest BCUT2D eigenvalue weighted by molar-refractivity contribution is -0.124. The van der Waals surface area contributed by atoms with E-state index in [0.29, 0.717) is 35.9 Å². The summed E-state index contributed by atoms with van der Waals surface area (Å²) in [5.41, 5.74) is 3.74. The van der Waals surface area contributed by atoms with Crippen LogP contribution in [0.25, 0.3) is 0 Å². The number of hydrazone groups is 1. The van der Waals surface area contributed by atoms with Crippen LogP contribution in [0.1, 0.15) is 31.7 Å². The average molecular weight is 487 g/mol. The number of sulfone groups is 1. The maximum atomic E-state index is 13.3. The van der Waals surface area contributed by atoms with Crippen LogP contribution in [0.2, 0.25) is 0 Å². The minimum Gasteiger partial charge on any atom is -0.381 e. The van der Waals surface area contributed by atoms with Crippen molar-refractivity contribution in [3.63, 3.8) is 0 Å². The molecule has 0 bridgehead atoms. The fourth-order valence-corrected chi connectivity index (χ4v) is 7.37. The molecule has 1 N–H and O–H groups in total. The van der Waals surface area contributed by atoms with Crippen molar-refractivity contribution in [3.8, 4) is 0 Å². The molecule has 0 aromatic heterocycles. The van der Waals surface area contributed by atoms with E-state index in [2.05, 4.69) is 10.4 Å². The number of amides is 1. The van der Waals surface area contributed by atoms with Gasteiger partial charge in [-0.15, -0.1) is 0 Å². The van der Waals surface area contributed by atoms with Crippen molar-refractivity contribution in [1.29, 1.82) is 0 Å². The number of fused-ring (bicyclic) bond motifs is 2. The number of nitrogens with zero attached hydrogens (tertiary/aromatic N) is 3. The molecule has 10 heteroatoms. The van der Waals surface area contributed by atoms with Crippen LogP contribution in [0.5, 0.6) is 0 Å². The monoisotopic (exact) mass is 486 g/mol. The second-order valence-corrected chi connectivity index (χ2v) is 11.2. The third-order valence-electron chi connectivity index (χ3n) is 6.40. The normalized spacial score (nSPS) is 23.8. The summed E-state index contributed by atoms with van der Waals surface area (Å²) >= 11 is 1.42. The van der Waals surface area contributed by atoms with Crippen LogP contribution in [0.3, 0.4) is 0 Å². The minimum absolute atomic E-state index is 0.0976. The van der Waals surface area contributed by atoms with Gasteiger partial charge in [-0.05, 0) is 37.1 Å². The molecule has 3 aliphatic rings. The Morgan fingerprint density at radius 2 is 1.91 bits per heavy atom. The highest BCUT2D eigenvalue weighted by atomic mass is 32.2. The summed E-state index contributed by atoms with van der Waals surface area (Å²) in [5, 5.41) is 9.78. The zero-order chi connectivity index (χ0) is 23.2. The molecule has 3 heterocycles. The van der Waals surface area contributed by atoms with Crippen LogP contribution >= 0.6 is 11.8 Å². The Morgan fingerprint density at radius 3 is 2.67 bits per heavy atom. The zero-order valence-electron chi connectivity index (χ0n) is 18.5. The number of ether oxygens (including phenoxy) is 1. The summed E-state index contributed by atoms with van der Waals surface area (Å²) in [6.45, 7) is 3.09. The number of nitrogens with one attached hydrogen (secondary N) is 1. The van der Waals surface area contributed by atoms with E-state index >= 15 is 0 Å². The summed E-state index contributed by atoms with van der Waals surface area (Å²) in [7, 11) is -1.79. The fourth-order valence-electron chi connectivity index (χ4n) is 4.63. The van der Waals surface area contributed by atoms with Gasteiger partial charge < -0.3 is 15.0 Å². The molecule has 1 saturated heterocycles. The van der Waals surface area contributed by atoms with Crippen molar-refractivity contribution in [1.82, 2.24) is 10.3 Å². The lowest BCUT2D eigenvalue weighted by atomic mass is 10.0. The first kappa shape index (κ1) is 22.2. The number of para-hydroxylation sites is 1. The van der Waals surface area contributed by atoms with E-state index in [1.165, 1.54) is 11.8 Å². The molecule has 1 unspecified atom stereocenters. The standard InChI is InChI=1S/C23H26N4O4S2/c1-3-22(28)25-23(27(24-15-32-23)17-10-12-31-13-11-17)16-8-9-21-19(14-16)26(2)18-6-4-5-7-20(18)33(21,29)30/h4-9,14-15,17H,3,10-13H2,1-2H3,(H,25,28). The van der Waals surface area contributed by atoms with E-state index < -0.39 is 14.8 Å². The van der Waals surface area contributed by atoms with Gasteiger partial charge in [-0.1, -0.05) is 36.9 Å². The van der Waals surface area contributed by atoms with Gasteiger partial charge in [0.25, 0.3) is 0 Å². The number of thioether (sulfide) groups is 1. The topological polar surface area (TPSA) is 91.3 Å². The molecule has 2 aromatic rings. The van der Waals surface area contributed by atoms with Crippen molar-refractivity contribution >= 4 is 44.4 Å². The highest BCUT2D eigenvalue weighted by Gasteiger charge is 2.47. The molecule has 0 radical (unpaired) electrons. The van der Waals surface area contributed by atoms with Crippen LogP contribution in [-0.2, 0) is 24.4 Å². The van der Waals surface area contributed by atoms with Gasteiger partial charge in [-0.2, -0.15) is 5.10 Å². The molecule has 1 amide bonds. The highest BCUT2D eigenvalue weighted by Crippen LogP contribution is 2.48. The molecule has 174 valence electrons. The average Bonchev–Trinajstić information content (AvgIpc) is 3.27. The quantitative estimate of drug-likeness (QED) is 0.708. The molecule has 8 nitrogen and oxygen atoms in total. The van der Waals surface area contributed by atoms with Crippen LogP contribution in [0, 0.1) is 0 Å². The van der Waals surface area contributed by atoms with Crippen molar-refractivity contribution in [2.45, 2.75) is 47.0 Å². The van der Waals surface area contributed by atoms with E-state index in [1.54, 1.807) is 35.9 Å². The first-order valence-corrected chi connectivity index (χ1v) is 13.4. The molecular weight excluding hydrogens is 460 g/mol.